The van der Waals surface area contributed by atoms with E-state index in [0.29, 0.717) is 11.0 Å². The van der Waals surface area contributed by atoms with Crippen molar-refractivity contribution in [1.82, 2.24) is 9.78 Å². The highest BCUT2D eigenvalue weighted by atomic mass is 79.9. The van der Waals surface area contributed by atoms with Crippen molar-refractivity contribution in [1.29, 1.82) is 0 Å². The van der Waals surface area contributed by atoms with Gasteiger partial charge in [0.15, 0.2) is 5.15 Å². The maximum absolute atomic E-state index is 6.03. The summed E-state index contributed by atoms with van der Waals surface area (Å²) in [7, 11) is 0. The summed E-state index contributed by atoms with van der Waals surface area (Å²) in [5.74, 6) is 0.632. The molecule has 0 fully saturated rings. The van der Waals surface area contributed by atoms with Gasteiger partial charge in [-0.1, -0.05) is 27.5 Å². The van der Waals surface area contributed by atoms with Crippen LogP contribution in [0.1, 0.15) is 6.42 Å². The second-order valence-electron chi connectivity index (χ2n) is 3.22. The van der Waals surface area contributed by atoms with Gasteiger partial charge in [-0.25, -0.2) is 0 Å². The minimum atomic E-state index is 0.548. The minimum Gasteiger partial charge on any atom is -0.263 e. The lowest BCUT2D eigenvalue weighted by molar-refractivity contribution is 0.625. The maximum Gasteiger partial charge on any atom is 0.158 e. The number of hydrogen-bond acceptors (Lipinski definition) is 1. The number of aromatic nitrogens is 2. The average molecular weight is 308 g/mol. The molecular formula is C10H9BrCl2N2. The third-order valence-corrected chi connectivity index (χ3v) is 3.21. The number of fused-ring (bicyclic) bond motifs is 1. The molecule has 0 aliphatic rings. The Hall–Kier alpha value is -0.250. The minimum absolute atomic E-state index is 0.548. The molecule has 0 aliphatic heterocycles. The van der Waals surface area contributed by atoms with Crippen LogP contribution in [0.2, 0.25) is 5.15 Å². The third-order valence-electron chi connectivity index (χ3n) is 2.17. The first-order valence-electron chi connectivity index (χ1n) is 4.60. The highest BCUT2D eigenvalue weighted by Gasteiger charge is 2.08. The molecule has 0 N–H and O–H groups in total. The summed E-state index contributed by atoms with van der Waals surface area (Å²) in [6.07, 6.45) is 0.890. The second kappa shape index (κ2) is 4.73. The zero-order valence-corrected chi connectivity index (χ0v) is 11.0. The molecule has 1 aromatic carbocycles. The zero-order chi connectivity index (χ0) is 10.8. The van der Waals surface area contributed by atoms with Crippen LogP contribution in [-0.2, 0) is 6.54 Å². The number of benzene rings is 1. The van der Waals surface area contributed by atoms with Gasteiger partial charge in [-0.3, -0.25) is 4.68 Å². The molecule has 0 spiro atoms. The van der Waals surface area contributed by atoms with Crippen LogP contribution in [0.25, 0.3) is 10.9 Å². The SMILES string of the molecule is ClCCCn1nc(Cl)c2ccc(Br)cc21. The Labute approximate surface area is 106 Å². The Kier molecular flexibility index (Phi) is 3.54. The predicted molar refractivity (Wildman–Crippen MR) is 67.8 cm³/mol. The van der Waals surface area contributed by atoms with Crippen LogP contribution in [0.3, 0.4) is 0 Å². The maximum atomic E-state index is 6.03. The molecular weight excluding hydrogens is 299 g/mol. The van der Waals surface area contributed by atoms with E-state index >= 15 is 0 Å². The van der Waals surface area contributed by atoms with Crippen molar-refractivity contribution >= 4 is 50.0 Å². The van der Waals surface area contributed by atoms with E-state index in [4.69, 9.17) is 23.2 Å². The summed E-state index contributed by atoms with van der Waals surface area (Å²) in [5.41, 5.74) is 1.04. The van der Waals surface area contributed by atoms with E-state index in [0.717, 1.165) is 28.3 Å². The molecule has 0 saturated carbocycles. The van der Waals surface area contributed by atoms with Gasteiger partial charge in [0.2, 0.25) is 0 Å². The average Bonchev–Trinajstić information content (AvgIpc) is 2.52. The molecule has 80 valence electrons. The zero-order valence-electron chi connectivity index (χ0n) is 7.88. The summed E-state index contributed by atoms with van der Waals surface area (Å²) in [5, 5.41) is 5.80. The van der Waals surface area contributed by atoms with Gasteiger partial charge in [0, 0.05) is 22.3 Å². The molecule has 0 aliphatic carbocycles. The quantitative estimate of drug-likeness (QED) is 0.781. The Bertz CT molecular complexity index is 481. The van der Waals surface area contributed by atoms with Gasteiger partial charge < -0.3 is 0 Å². The largest absolute Gasteiger partial charge is 0.263 e. The fourth-order valence-corrected chi connectivity index (χ4v) is 2.21. The van der Waals surface area contributed by atoms with Crippen molar-refractivity contribution in [3.63, 3.8) is 0 Å². The first-order chi connectivity index (χ1) is 7.22. The lowest BCUT2D eigenvalue weighted by Crippen LogP contribution is -2.00. The van der Waals surface area contributed by atoms with Gasteiger partial charge in [-0.05, 0) is 24.6 Å². The number of aryl methyl sites for hydroxylation is 1. The normalized spacial score (nSPS) is 11.1. The second-order valence-corrected chi connectivity index (χ2v) is 4.87. The summed E-state index contributed by atoms with van der Waals surface area (Å²) in [6, 6.07) is 5.94. The van der Waals surface area contributed by atoms with Crippen LogP contribution < -0.4 is 0 Å². The number of halogens is 3. The molecule has 0 radical (unpaired) electrons. The van der Waals surface area contributed by atoms with Crippen LogP contribution in [0.4, 0.5) is 0 Å². The molecule has 0 atom stereocenters. The molecule has 0 saturated heterocycles. The topological polar surface area (TPSA) is 17.8 Å². The Morgan fingerprint density at radius 1 is 1.40 bits per heavy atom. The Balaban J connectivity index is 2.49. The number of alkyl halides is 1. The Morgan fingerprint density at radius 3 is 2.93 bits per heavy atom. The third kappa shape index (κ3) is 2.30. The van der Waals surface area contributed by atoms with Crippen molar-refractivity contribution < 1.29 is 0 Å². The molecule has 5 heteroatoms. The van der Waals surface area contributed by atoms with Crippen LogP contribution >= 0.6 is 39.1 Å². The molecule has 0 amide bonds. The van der Waals surface area contributed by atoms with Crippen molar-refractivity contribution in [3.8, 4) is 0 Å². The first kappa shape index (κ1) is 11.2. The van der Waals surface area contributed by atoms with Crippen molar-refractivity contribution in [3.05, 3.63) is 27.8 Å². The molecule has 2 aromatic rings. The van der Waals surface area contributed by atoms with Gasteiger partial charge in [0.1, 0.15) is 0 Å². The van der Waals surface area contributed by atoms with Gasteiger partial charge >= 0.3 is 0 Å². The summed E-state index contributed by atoms with van der Waals surface area (Å²) < 4.78 is 2.92. The van der Waals surface area contributed by atoms with Gasteiger partial charge in [0.25, 0.3) is 0 Å². The van der Waals surface area contributed by atoms with Crippen LogP contribution in [0.15, 0.2) is 22.7 Å². The molecule has 15 heavy (non-hydrogen) atoms. The van der Waals surface area contributed by atoms with E-state index in [1.807, 2.05) is 22.9 Å². The summed E-state index contributed by atoms with van der Waals surface area (Å²) >= 11 is 15.1. The lowest BCUT2D eigenvalue weighted by atomic mass is 10.2. The lowest BCUT2D eigenvalue weighted by Gasteiger charge is -2.01. The van der Waals surface area contributed by atoms with Crippen molar-refractivity contribution in [2.24, 2.45) is 0 Å². The monoisotopic (exact) mass is 306 g/mol. The van der Waals surface area contributed by atoms with Crippen LogP contribution in [0, 0.1) is 0 Å². The van der Waals surface area contributed by atoms with Gasteiger partial charge in [-0.2, -0.15) is 5.10 Å². The van der Waals surface area contributed by atoms with E-state index in [2.05, 4.69) is 21.0 Å². The van der Waals surface area contributed by atoms with E-state index in [1.54, 1.807) is 0 Å². The fourth-order valence-electron chi connectivity index (χ4n) is 1.49. The number of rotatable bonds is 3. The van der Waals surface area contributed by atoms with E-state index < -0.39 is 0 Å². The Morgan fingerprint density at radius 2 is 2.20 bits per heavy atom. The summed E-state index contributed by atoms with van der Waals surface area (Å²) in [4.78, 5) is 0. The van der Waals surface area contributed by atoms with Gasteiger partial charge in [0.05, 0.1) is 5.52 Å². The standard InChI is InChI=1S/C10H9BrCl2N2/c11-7-2-3-8-9(6-7)15(5-1-4-12)14-10(8)13/h2-3,6H,1,4-5H2. The van der Waals surface area contributed by atoms with Crippen LogP contribution in [0.5, 0.6) is 0 Å². The van der Waals surface area contributed by atoms with Crippen LogP contribution in [-0.4, -0.2) is 15.7 Å². The van der Waals surface area contributed by atoms with Crippen molar-refractivity contribution in [2.45, 2.75) is 13.0 Å². The van der Waals surface area contributed by atoms with E-state index in [9.17, 15) is 0 Å². The molecule has 2 rings (SSSR count). The van der Waals surface area contributed by atoms with E-state index in [-0.39, 0.29) is 0 Å². The number of hydrogen-bond donors (Lipinski definition) is 0. The number of nitrogens with zero attached hydrogens (tertiary/aromatic N) is 2. The van der Waals surface area contributed by atoms with E-state index in [1.165, 1.54) is 0 Å². The molecule has 0 bridgehead atoms. The molecule has 1 aromatic heterocycles. The predicted octanol–water partition coefficient (Wildman–Crippen LogP) is 4.08. The summed E-state index contributed by atoms with van der Waals surface area (Å²) in [6.45, 7) is 0.795. The highest BCUT2D eigenvalue weighted by Crippen LogP contribution is 2.26. The molecule has 1 heterocycles. The van der Waals surface area contributed by atoms with Crippen molar-refractivity contribution in [2.75, 3.05) is 5.88 Å². The highest BCUT2D eigenvalue weighted by molar-refractivity contribution is 9.10. The first-order valence-corrected chi connectivity index (χ1v) is 6.30. The molecule has 0 unspecified atom stereocenters. The molecule has 2 nitrogen and oxygen atoms in total. The fraction of sp³-hybridized carbons (Fsp3) is 0.300. The smallest absolute Gasteiger partial charge is 0.158 e. The van der Waals surface area contributed by atoms with Gasteiger partial charge in [-0.15, -0.1) is 11.6 Å².